The molecule has 0 saturated carbocycles. The molecule has 2 N–H and O–H groups in total. The summed E-state index contributed by atoms with van der Waals surface area (Å²) in [4.78, 5) is 52.1. The van der Waals surface area contributed by atoms with Crippen molar-refractivity contribution in [3.63, 3.8) is 0 Å². The molecule has 0 saturated heterocycles. The van der Waals surface area contributed by atoms with Gasteiger partial charge in [-0.15, -0.1) is 0 Å². The molecule has 0 aliphatic carbocycles. The van der Waals surface area contributed by atoms with E-state index in [4.69, 9.17) is 23.4 Å². The summed E-state index contributed by atoms with van der Waals surface area (Å²) in [6, 6.07) is -0.561. The third-order valence-electron chi connectivity index (χ3n) is 7.00. The average molecular weight is 627 g/mol. The highest BCUT2D eigenvalue weighted by Crippen LogP contribution is 2.42. The Hall–Kier alpha value is -2.93. The van der Waals surface area contributed by atoms with Crippen LogP contribution in [0.5, 0.6) is 11.5 Å². The monoisotopic (exact) mass is 626 g/mol. The van der Waals surface area contributed by atoms with Gasteiger partial charge in [-0.05, 0) is 52.8 Å². The maximum atomic E-state index is 13.7. The van der Waals surface area contributed by atoms with Crippen LogP contribution in [0.2, 0.25) is 18.1 Å². The SMILES string of the molecule is CCOc1cc(O[Si](C)(C)C(C)(C)C)c2c(c1C)C(=O)OC[C@H](NC(=O)OC(C)(C)C)C(=O)N[C@H](C(=O)OC)CSC2. The Morgan fingerprint density at radius 2 is 1.79 bits per heavy atom. The summed E-state index contributed by atoms with van der Waals surface area (Å²) in [6.45, 7) is 19.1. The van der Waals surface area contributed by atoms with Crippen molar-refractivity contribution in [2.24, 2.45) is 0 Å². The number of rotatable bonds is 6. The first-order valence-electron chi connectivity index (χ1n) is 13.9. The van der Waals surface area contributed by atoms with Gasteiger partial charge in [0.2, 0.25) is 14.2 Å². The molecule has 236 valence electrons. The van der Waals surface area contributed by atoms with E-state index in [0.717, 1.165) is 0 Å². The zero-order chi connectivity index (χ0) is 32.0. The van der Waals surface area contributed by atoms with Crippen LogP contribution in [0.25, 0.3) is 0 Å². The minimum absolute atomic E-state index is 0.129. The van der Waals surface area contributed by atoms with Crippen molar-refractivity contribution in [1.29, 1.82) is 0 Å². The van der Waals surface area contributed by atoms with Gasteiger partial charge in [-0.1, -0.05) is 20.8 Å². The summed E-state index contributed by atoms with van der Waals surface area (Å²) >= 11 is 1.32. The van der Waals surface area contributed by atoms with Crippen molar-refractivity contribution in [1.82, 2.24) is 10.6 Å². The summed E-state index contributed by atoms with van der Waals surface area (Å²) in [7, 11) is -1.14. The first-order chi connectivity index (χ1) is 19.3. The Bertz CT molecular complexity index is 1180. The first-order valence-corrected chi connectivity index (χ1v) is 18.0. The Labute approximate surface area is 254 Å². The minimum atomic E-state index is -2.36. The second-order valence-corrected chi connectivity index (χ2v) is 18.3. The molecule has 42 heavy (non-hydrogen) atoms. The predicted octanol–water partition coefficient (Wildman–Crippen LogP) is 4.73. The molecular weight excluding hydrogens is 580 g/mol. The van der Waals surface area contributed by atoms with E-state index in [1.807, 2.05) is 13.0 Å². The molecule has 0 fully saturated rings. The molecule has 2 amide bonds. The lowest BCUT2D eigenvalue weighted by molar-refractivity contribution is -0.144. The van der Waals surface area contributed by atoms with Crippen LogP contribution in [0.15, 0.2) is 6.07 Å². The van der Waals surface area contributed by atoms with Gasteiger partial charge in [0.05, 0.1) is 19.3 Å². The number of ether oxygens (including phenoxy) is 4. The lowest BCUT2D eigenvalue weighted by Gasteiger charge is -2.37. The van der Waals surface area contributed by atoms with Gasteiger partial charge in [-0.25, -0.2) is 14.4 Å². The molecule has 1 aromatic rings. The maximum Gasteiger partial charge on any atom is 0.408 e. The summed E-state index contributed by atoms with van der Waals surface area (Å²) in [5, 5.41) is 4.94. The van der Waals surface area contributed by atoms with Crippen LogP contribution in [-0.4, -0.2) is 76.0 Å². The number of thioether (sulfide) groups is 1. The lowest BCUT2D eigenvalue weighted by Crippen LogP contribution is -2.55. The highest BCUT2D eigenvalue weighted by atomic mass is 32.2. The van der Waals surface area contributed by atoms with Gasteiger partial charge in [-0.3, -0.25) is 4.79 Å². The molecule has 13 heteroatoms. The van der Waals surface area contributed by atoms with E-state index in [0.29, 0.717) is 29.2 Å². The minimum Gasteiger partial charge on any atom is -0.543 e. The highest BCUT2D eigenvalue weighted by Gasteiger charge is 2.40. The first kappa shape index (κ1) is 35.3. The number of hydrogen-bond acceptors (Lipinski definition) is 10. The summed E-state index contributed by atoms with van der Waals surface area (Å²) < 4.78 is 28.5. The second kappa shape index (κ2) is 14.0. The van der Waals surface area contributed by atoms with Gasteiger partial charge in [0, 0.05) is 28.7 Å². The van der Waals surface area contributed by atoms with Crippen LogP contribution >= 0.6 is 11.8 Å². The number of nitrogens with one attached hydrogen (secondary N) is 2. The van der Waals surface area contributed by atoms with Gasteiger partial charge < -0.3 is 34.0 Å². The van der Waals surface area contributed by atoms with Crippen LogP contribution in [-0.2, 0) is 29.6 Å². The molecule has 0 bridgehead atoms. The predicted molar refractivity (Wildman–Crippen MR) is 164 cm³/mol. The molecule has 1 aliphatic heterocycles. The van der Waals surface area contributed by atoms with Crippen molar-refractivity contribution in [2.75, 3.05) is 26.1 Å². The Kier molecular flexibility index (Phi) is 11.8. The number of alkyl carbamates (subject to hydrolysis) is 1. The van der Waals surface area contributed by atoms with Gasteiger partial charge in [0.25, 0.3) is 0 Å². The van der Waals surface area contributed by atoms with Gasteiger partial charge in [0.1, 0.15) is 35.8 Å². The van der Waals surface area contributed by atoms with E-state index in [1.165, 1.54) is 18.9 Å². The third-order valence-corrected chi connectivity index (χ3v) is 12.4. The zero-order valence-corrected chi connectivity index (χ0v) is 28.5. The van der Waals surface area contributed by atoms with Gasteiger partial charge in [0.15, 0.2) is 0 Å². The molecular formula is C29H46N2O9SSi. The number of hydrogen-bond donors (Lipinski definition) is 2. The van der Waals surface area contributed by atoms with Crippen molar-refractivity contribution in [2.45, 2.75) is 97.0 Å². The molecule has 0 aromatic heterocycles. The molecule has 0 unspecified atom stereocenters. The Balaban J connectivity index is 2.65. The topological polar surface area (TPSA) is 138 Å². The van der Waals surface area contributed by atoms with Crippen molar-refractivity contribution in [3.05, 3.63) is 22.8 Å². The fraction of sp³-hybridized carbons (Fsp3) is 0.655. The number of methoxy groups -OCH3 is 1. The maximum absolute atomic E-state index is 13.7. The zero-order valence-electron chi connectivity index (χ0n) is 26.6. The normalized spacial score (nSPS) is 18.7. The van der Waals surface area contributed by atoms with Crippen LogP contribution in [0, 0.1) is 6.92 Å². The van der Waals surface area contributed by atoms with E-state index < -0.39 is 56.5 Å². The molecule has 0 radical (unpaired) electrons. The van der Waals surface area contributed by atoms with E-state index >= 15 is 0 Å². The third kappa shape index (κ3) is 9.28. The Morgan fingerprint density at radius 1 is 1.14 bits per heavy atom. The highest BCUT2D eigenvalue weighted by molar-refractivity contribution is 7.98. The largest absolute Gasteiger partial charge is 0.543 e. The molecule has 1 aliphatic rings. The fourth-order valence-electron chi connectivity index (χ4n) is 3.76. The fourth-order valence-corrected chi connectivity index (χ4v) is 5.86. The summed E-state index contributed by atoms with van der Waals surface area (Å²) in [5.74, 6) is -0.669. The number of carbonyl (C=O) groups excluding carboxylic acids is 4. The van der Waals surface area contributed by atoms with E-state index in [2.05, 4.69) is 44.5 Å². The van der Waals surface area contributed by atoms with Crippen LogP contribution in [0.4, 0.5) is 4.79 Å². The number of benzene rings is 1. The van der Waals surface area contributed by atoms with E-state index in [1.54, 1.807) is 27.7 Å². The number of esters is 2. The average Bonchev–Trinajstić information content (AvgIpc) is 2.85. The van der Waals surface area contributed by atoms with Crippen LogP contribution < -0.4 is 19.8 Å². The lowest BCUT2D eigenvalue weighted by atomic mass is 10.0. The molecule has 2 rings (SSSR count). The quantitative estimate of drug-likeness (QED) is 0.259. The van der Waals surface area contributed by atoms with Crippen LogP contribution in [0.1, 0.15) is 70.0 Å². The van der Waals surface area contributed by atoms with Crippen LogP contribution in [0.3, 0.4) is 0 Å². The molecule has 2 atom stereocenters. The molecule has 11 nitrogen and oxygen atoms in total. The van der Waals surface area contributed by atoms with E-state index in [-0.39, 0.29) is 22.1 Å². The van der Waals surface area contributed by atoms with Crippen molar-refractivity contribution >= 4 is 44.0 Å². The summed E-state index contributed by atoms with van der Waals surface area (Å²) in [6.07, 6.45) is -0.880. The molecule has 1 aromatic carbocycles. The van der Waals surface area contributed by atoms with Crippen molar-refractivity contribution in [3.8, 4) is 11.5 Å². The number of cyclic esters (lactones) is 1. The van der Waals surface area contributed by atoms with E-state index in [9.17, 15) is 19.2 Å². The number of fused-ring (bicyclic) bond motifs is 1. The summed E-state index contributed by atoms with van der Waals surface area (Å²) in [5.41, 5.74) is 0.583. The van der Waals surface area contributed by atoms with Gasteiger partial charge >= 0.3 is 18.0 Å². The number of amides is 2. The Morgan fingerprint density at radius 3 is 2.33 bits per heavy atom. The molecule has 1 heterocycles. The molecule has 0 spiro atoms. The van der Waals surface area contributed by atoms with Gasteiger partial charge in [-0.2, -0.15) is 11.8 Å². The standard InChI is InChI=1S/C29H46N2O9SSi/c1-12-37-21-13-22(40-42(10,11)29(6,7)8)18-15-41-16-20(25(33)36-9)30-24(32)19(31-27(35)39-28(3,4)5)14-38-26(34)23(18)17(21)2/h13,19-20H,12,14-16H2,1-11H3,(H,30,32)(H,31,35)/t19-,20-/m0/s1. The smallest absolute Gasteiger partial charge is 0.408 e. The number of carbonyl (C=O) groups is 4. The van der Waals surface area contributed by atoms with Crippen molar-refractivity contribution < 1.29 is 42.6 Å². The second-order valence-electron chi connectivity index (χ2n) is 12.5.